The Morgan fingerprint density at radius 3 is 2.43 bits per heavy atom. The highest BCUT2D eigenvalue weighted by Crippen LogP contribution is 2.30. The number of carbonyl (C=O) groups excluding carboxylic acids is 1. The van der Waals surface area contributed by atoms with Crippen LogP contribution in [-0.4, -0.2) is 48.2 Å². The van der Waals surface area contributed by atoms with Gasteiger partial charge in [0.05, 0.1) is 4.47 Å². The van der Waals surface area contributed by atoms with Crippen molar-refractivity contribution in [2.75, 3.05) is 32.6 Å². The Kier molecular flexibility index (Phi) is 7.63. The molecule has 0 aliphatic heterocycles. The van der Waals surface area contributed by atoms with Crippen LogP contribution in [0, 0.1) is 13.8 Å². The Morgan fingerprint density at radius 1 is 1.03 bits per heavy atom. The number of anilines is 1. The van der Waals surface area contributed by atoms with Gasteiger partial charge in [0, 0.05) is 36.3 Å². The average molecular weight is 535 g/mol. The number of carbonyl (C=O) groups is 1. The number of aromatic nitrogens is 2. The molecule has 1 amide bonds. The van der Waals surface area contributed by atoms with E-state index in [0.717, 1.165) is 33.3 Å². The number of rotatable bonds is 8. The summed E-state index contributed by atoms with van der Waals surface area (Å²) in [7, 11) is 3.99. The van der Waals surface area contributed by atoms with Crippen molar-refractivity contribution in [3.8, 4) is 28.3 Å². The topological polar surface area (TPSA) is 80.5 Å². The summed E-state index contributed by atoms with van der Waals surface area (Å²) >= 11 is 3.50. The standard InChI is InChI=1S/C27H27BrN4O3/c1-17-15-21(26-29-18(2)35-31-26)9-11-23(17)19-5-7-20(8-6-19)27(33)30-22-10-12-24(28)25(16-22)34-14-13-32(3)4/h5-12,15-16H,13-14H2,1-4H3,(H,30,33). The van der Waals surface area contributed by atoms with Crippen molar-refractivity contribution in [2.45, 2.75) is 13.8 Å². The van der Waals surface area contributed by atoms with Crippen LogP contribution in [0.2, 0.25) is 0 Å². The summed E-state index contributed by atoms with van der Waals surface area (Å²) in [6.07, 6.45) is 0. The van der Waals surface area contributed by atoms with E-state index in [1.54, 1.807) is 6.92 Å². The molecular formula is C27H27BrN4O3. The Morgan fingerprint density at radius 2 is 1.77 bits per heavy atom. The van der Waals surface area contributed by atoms with Crippen LogP contribution in [0.4, 0.5) is 5.69 Å². The molecule has 1 aromatic heterocycles. The van der Waals surface area contributed by atoms with Crippen LogP contribution in [0.25, 0.3) is 22.5 Å². The lowest BCUT2D eigenvalue weighted by Crippen LogP contribution is -2.19. The zero-order valence-corrected chi connectivity index (χ0v) is 21.7. The molecule has 0 aliphatic carbocycles. The van der Waals surface area contributed by atoms with Gasteiger partial charge in [0.15, 0.2) is 0 Å². The van der Waals surface area contributed by atoms with E-state index in [0.29, 0.717) is 35.3 Å². The molecule has 0 radical (unpaired) electrons. The van der Waals surface area contributed by atoms with Crippen molar-refractivity contribution in [3.05, 3.63) is 82.2 Å². The van der Waals surface area contributed by atoms with Gasteiger partial charge in [-0.05, 0) is 84.0 Å². The summed E-state index contributed by atoms with van der Waals surface area (Å²) in [5.41, 5.74) is 5.33. The van der Waals surface area contributed by atoms with Gasteiger partial charge in [-0.1, -0.05) is 29.4 Å². The number of nitrogens with one attached hydrogen (secondary N) is 1. The second-order valence-electron chi connectivity index (χ2n) is 8.50. The summed E-state index contributed by atoms with van der Waals surface area (Å²) in [5, 5.41) is 6.93. The molecule has 0 fully saturated rings. The lowest BCUT2D eigenvalue weighted by molar-refractivity contribution is 0.102. The average Bonchev–Trinajstić information content (AvgIpc) is 3.27. The number of hydrogen-bond donors (Lipinski definition) is 1. The highest BCUT2D eigenvalue weighted by Gasteiger charge is 2.12. The minimum atomic E-state index is -0.183. The summed E-state index contributed by atoms with van der Waals surface area (Å²) in [4.78, 5) is 19.2. The van der Waals surface area contributed by atoms with Crippen LogP contribution in [0.3, 0.4) is 0 Å². The fraction of sp³-hybridized carbons (Fsp3) is 0.222. The molecule has 7 nitrogen and oxygen atoms in total. The first-order chi connectivity index (χ1) is 16.8. The summed E-state index contributed by atoms with van der Waals surface area (Å²) in [5.74, 6) is 1.61. The van der Waals surface area contributed by atoms with Crippen LogP contribution >= 0.6 is 15.9 Å². The molecule has 0 saturated carbocycles. The molecule has 0 unspecified atom stereocenters. The molecule has 3 aromatic carbocycles. The molecule has 35 heavy (non-hydrogen) atoms. The number of amides is 1. The van der Waals surface area contributed by atoms with Gasteiger partial charge in [-0.25, -0.2) is 0 Å². The Labute approximate surface area is 213 Å². The van der Waals surface area contributed by atoms with Crippen molar-refractivity contribution in [3.63, 3.8) is 0 Å². The maximum absolute atomic E-state index is 12.8. The molecule has 1 N–H and O–H groups in total. The summed E-state index contributed by atoms with van der Waals surface area (Å²) in [6, 6.07) is 19.1. The van der Waals surface area contributed by atoms with Gasteiger partial charge < -0.3 is 19.5 Å². The van der Waals surface area contributed by atoms with E-state index in [1.165, 1.54) is 0 Å². The first kappa shape index (κ1) is 24.6. The van der Waals surface area contributed by atoms with Crippen LogP contribution in [0.15, 0.2) is 69.7 Å². The lowest BCUT2D eigenvalue weighted by Gasteiger charge is -2.14. The maximum Gasteiger partial charge on any atom is 0.255 e. The van der Waals surface area contributed by atoms with E-state index in [-0.39, 0.29) is 5.91 Å². The van der Waals surface area contributed by atoms with E-state index in [4.69, 9.17) is 9.26 Å². The van der Waals surface area contributed by atoms with Crippen LogP contribution in [0.1, 0.15) is 21.8 Å². The third-order valence-corrected chi connectivity index (χ3v) is 6.11. The molecule has 8 heteroatoms. The number of nitrogens with zero attached hydrogens (tertiary/aromatic N) is 3. The van der Waals surface area contributed by atoms with Crippen molar-refractivity contribution in [1.82, 2.24) is 15.0 Å². The fourth-order valence-corrected chi connectivity index (χ4v) is 3.94. The van der Waals surface area contributed by atoms with Crippen molar-refractivity contribution >= 4 is 27.5 Å². The number of benzene rings is 3. The Bertz CT molecular complexity index is 1330. The fourth-order valence-electron chi connectivity index (χ4n) is 3.58. The molecule has 1 heterocycles. The molecule has 0 saturated heterocycles. The highest BCUT2D eigenvalue weighted by atomic mass is 79.9. The van der Waals surface area contributed by atoms with Gasteiger partial charge in [-0.2, -0.15) is 4.98 Å². The molecule has 0 bridgehead atoms. The molecule has 4 aromatic rings. The summed E-state index contributed by atoms with van der Waals surface area (Å²) in [6.45, 7) is 5.16. The van der Waals surface area contributed by atoms with E-state index < -0.39 is 0 Å². The number of halogens is 1. The lowest BCUT2D eigenvalue weighted by atomic mass is 9.97. The van der Waals surface area contributed by atoms with E-state index in [1.807, 2.05) is 86.6 Å². The molecule has 180 valence electrons. The first-order valence-electron chi connectivity index (χ1n) is 11.2. The largest absolute Gasteiger partial charge is 0.491 e. The Balaban J connectivity index is 1.45. The van der Waals surface area contributed by atoms with Crippen LogP contribution in [0.5, 0.6) is 5.75 Å². The number of likely N-dealkylation sites (N-methyl/N-ethyl adjacent to an activating group) is 1. The monoisotopic (exact) mass is 534 g/mol. The van der Waals surface area contributed by atoms with Gasteiger partial charge in [0.2, 0.25) is 11.7 Å². The van der Waals surface area contributed by atoms with Gasteiger partial charge in [0.25, 0.3) is 5.91 Å². The predicted octanol–water partition coefficient (Wildman–Crippen LogP) is 5.98. The SMILES string of the molecule is Cc1nc(-c2ccc(-c3ccc(C(=O)Nc4ccc(Br)c(OCCN(C)C)c4)cc3)c(C)c2)no1. The van der Waals surface area contributed by atoms with E-state index >= 15 is 0 Å². The van der Waals surface area contributed by atoms with Gasteiger partial charge in [0.1, 0.15) is 12.4 Å². The van der Waals surface area contributed by atoms with E-state index in [9.17, 15) is 4.79 Å². The van der Waals surface area contributed by atoms with Crippen LogP contribution in [-0.2, 0) is 0 Å². The molecule has 0 spiro atoms. The molecular weight excluding hydrogens is 508 g/mol. The van der Waals surface area contributed by atoms with E-state index in [2.05, 4.69) is 31.4 Å². The number of ether oxygens (including phenoxy) is 1. The molecule has 4 rings (SSSR count). The number of hydrogen-bond acceptors (Lipinski definition) is 6. The zero-order chi connectivity index (χ0) is 24.9. The minimum Gasteiger partial charge on any atom is -0.491 e. The normalized spacial score (nSPS) is 11.0. The second-order valence-corrected chi connectivity index (χ2v) is 9.35. The van der Waals surface area contributed by atoms with Gasteiger partial charge in [-0.15, -0.1) is 0 Å². The van der Waals surface area contributed by atoms with Crippen molar-refractivity contribution in [1.29, 1.82) is 0 Å². The van der Waals surface area contributed by atoms with Crippen molar-refractivity contribution < 1.29 is 14.1 Å². The summed E-state index contributed by atoms with van der Waals surface area (Å²) < 4.78 is 11.8. The molecule has 0 atom stereocenters. The smallest absolute Gasteiger partial charge is 0.255 e. The maximum atomic E-state index is 12.8. The van der Waals surface area contributed by atoms with Gasteiger partial charge >= 0.3 is 0 Å². The quantitative estimate of drug-likeness (QED) is 0.299. The Hall–Kier alpha value is -3.49. The van der Waals surface area contributed by atoms with Crippen LogP contribution < -0.4 is 10.1 Å². The predicted molar refractivity (Wildman–Crippen MR) is 141 cm³/mol. The first-order valence-corrected chi connectivity index (χ1v) is 12.0. The highest BCUT2D eigenvalue weighted by molar-refractivity contribution is 9.10. The third kappa shape index (κ3) is 6.15. The minimum absolute atomic E-state index is 0.183. The van der Waals surface area contributed by atoms with Crippen molar-refractivity contribution in [2.24, 2.45) is 0 Å². The second kappa shape index (κ2) is 10.8. The molecule has 0 aliphatic rings. The zero-order valence-electron chi connectivity index (χ0n) is 20.1. The van der Waals surface area contributed by atoms with Gasteiger partial charge in [-0.3, -0.25) is 4.79 Å². The third-order valence-electron chi connectivity index (χ3n) is 5.46. The number of aryl methyl sites for hydroxylation is 2.